The fourth-order valence-electron chi connectivity index (χ4n) is 3.40. The highest BCUT2D eigenvalue weighted by molar-refractivity contribution is 5.63. The lowest BCUT2D eigenvalue weighted by atomic mass is 9.98. The highest BCUT2D eigenvalue weighted by Crippen LogP contribution is 2.30. The van der Waals surface area contributed by atoms with Crippen molar-refractivity contribution in [3.05, 3.63) is 23.8 Å². The molecule has 2 saturated heterocycles. The Morgan fingerprint density at radius 3 is 3.00 bits per heavy atom. The molecule has 2 aliphatic heterocycles. The number of nitrogen functional groups attached to an aromatic ring is 1. The van der Waals surface area contributed by atoms with Crippen LogP contribution in [0.3, 0.4) is 0 Å². The molecule has 0 spiro atoms. The van der Waals surface area contributed by atoms with Gasteiger partial charge >= 0.3 is 0 Å². The van der Waals surface area contributed by atoms with Crippen LogP contribution in [0.2, 0.25) is 0 Å². The van der Waals surface area contributed by atoms with E-state index in [1.54, 1.807) is 6.07 Å². The highest BCUT2D eigenvalue weighted by atomic mass is 15.2. The number of piperidine rings is 1. The van der Waals surface area contributed by atoms with E-state index in [0.29, 0.717) is 23.3 Å². The molecule has 4 nitrogen and oxygen atoms in total. The van der Waals surface area contributed by atoms with Gasteiger partial charge in [-0.25, -0.2) is 0 Å². The maximum absolute atomic E-state index is 9.19. The van der Waals surface area contributed by atoms with E-state index in [2.05, 4.69) is 16.3 Å². The van der Waals surface area contributed by atoms with E-state index >= 15 is 0 Å². The van der Waals surface area contributed by atoms with Crippen LogP contribution in [0, 0.1) is 11.3 Å². The molecular formula is C15H20N4. The van der Waals surface area contributed by atoms with Crippen molar-refractivity contribution >= 4 is 11.4 Å². The minimum Gasteiger partial charge on any atom is -0.399 e. The Balaban J connectivity index is 1.77. The SMILES string of the molecule is N#Cc1cc(N)ccc1NC1CCN2CCCCC12. The Morgan fingerprint density at radius 2 is 2.16 bits per heavy atom. The number of hydrogen-bond acceptors (Lipinski definition) is 4. The average Bonchev–Trinajstić information content (AvgIpc) is 2.84. The molecular weight excluding hydrogens is 236 g/mol. The Kier molecular flexibility index (Phi) is 3.31. The van der Waals surface area contributed by atoms with Gasteiger partial charge in [-0.05, 0) is 44.0 Å². The lowest BCUT2D eigenvalue weighted by molar-refractivity contribution is 0.193. The third kappa shape index (κ3) is 2.39. The van der Waals surface area contributed by atoms with E-state index < -0.39 is 0 Å². The van der Waals surface area contributed by atoms with Gasteiger partial charge < -0.3 is 11.1 Å². The normalized spacial score (nSPS) is 26.7. The zero-order chi connectivity index (χ0) is 13.2. The molecule has 0 aromatic heterocycles. The van der Waals surface area contributed by atoms with Crippen molar-refractivity contribution in [2.75, 3.05) is 24.1 Å². The molecule has 19 heavy (non-hydrogen) atoms. The van der Waals surface area contributed by atoms with Crippen LogP contribution in [0.1, 0.15) is 31.2 Å². The molecule has 0 amide bonds. The Hall–Kier alpha value is -1.73. The first-order valence-electron chi connectivity index (χ1n) is 7.08. The molecule has 2 fully saturated rings. The second-order valence-corrected chi connectivity index (χ2v) is 5.56. The summed E-state index contributed by atoms with van der Waals surface area (Å²) in [6, 6.07) is 8.87. The third-order valence-corrected chi connectivity index (χ3v) is 4.36. The first-order valence-corrected chi connectivity index (χ1v) is 7.08. The predicted octanol–water partition coefficient (Wildman–Crippen LogP) is 2.18. The molecule has 3 N–H and O–H groups in total. The zero-order valence-corrected chi connectivity index (χ0v) is 11.1. The third-order valence-electron chi connectivity index (χ3n) is 4.36. The van der Waals surface area contributed by atoms with Gasteiger partial charge in [-0.15, -0.1) is 0 Å². The molecule has 2 atom stereocenters. The summed E-state index contributed by atoms with van der Waals surface area (Å²) in [5, 5.41) is 12.8. The topological polar surface area (TPSA) is 65.1 Å². The fourth-order valence-corrected chi connectivity index (χ4v) is 3.40. The molecule has 0 bridgehead atoms. The van der Waals surface area contributed by atoms with E-state index in [-0.39, 0.29) is 0 Å². The summed E-state index contributed by atoms with van der Waals surface area (Å²) < 4.78 is 0. The van der Waals surface area contributed by atoms with Crippen LogP contribution in [-0.4, -0.2) is 30.1 Å². The van der Waals surface area contributed by atoms with Crippen molar-refractivity contribution in [1.82, 2.24) is 4.90 Å². The van der Waals surface area contributed by atoms with Crippen LogP contribution in [0.4, 0.5) is 11.4 Å². The minimum atomic E-state index is 0.469. The van der Waals surface area contributed by atoms with Crippen molar-refractivity contribution in [3.63, 3.8) is 0 Å². The number of nitrogens with zero attached hydrogens (tertiary/aromatic N) is 2. The molecule has 2 unspecified atom stereocenters. The number of hydrogen-bond donors (Lipinski definition) is 2. The number of rotatable bonds is 2. The molecule has 100 valence electrons. The van der Waals surface area contributed by atoms with Crippen LogP contribution in [-0.2, 0) is 0 Å². The number of fused-ring (bicyclic) bond motifs is 1. The zero-order valence-electron chi connectivity index (χ0n) is 11.1. The van der Waals surface area contributed by atoms with Crippen molar-refractivity contribution < 1.29 is 0 Å². The summed E-state index contributed by atoms with van der Waals surface area (Å²) in [6.07, 6.45) is 5.09. The standard InChI is InChI=1S/C15H20N4/c16-10-11-9-12(17)4-5-13(11)18-14-6-8-19-7-2-1-3-15(14)19/h4-5,9,14-15,18H,1-3,6-8,17H2. The molecule has 0 aliphatic carbocycles. The lowest BCUT2D eigenvalue weighted by Crippen LogP contribution is -2.41. The molecule has 0 radical (unpaired) electrons. The molecule has 1 aromatic rings. The lowest BCUT2D eigenvalue weighted by Gasteiger charge is -2.33. The quantitative estimate of drug-likeness (QED) is 0.796. The number of nitrogens with one attached hydrogen (secondary N) is 1. The molecule has 0 saturated carbocycles. The van der Waals surface area contributed by atoms with Crippen molar-refractivity contribution in [2.24, 2.45) is 0 Å². The first-order chi connectivity index (χ1) is 9.28. The van der Waals surface area contributed by atoms with Gasteiger partial charge in [0.15, 0.2) is 0 Å². The van der Waals surface area contributed by atoms with Gasteiger partial charge in [0, 0.05) is 24.3 Å². The van der Waals surface area contributed by atoms with E-state index in [0.717, 1.165) is 5.69 Å². The first kappa shape index (κ1) is 12.3. The van der Waals surface area contributed by atoms with Gasteiger partial charge in [0.05, 0.1) is 11.3 Å². The Bertz CT molecular complexity index is 505. The summed E-state index contributed by atoms with van der Waals surface area (Å²) in [5.74, 6) is 0. The van der Waals surface area contributed by atoms with Gasteiger partial charge in [-0.2, -0.15) is 5.26 Å². The Morgan fingerprint density at radius 1 is 1.26 bits per heavy atom. The van der Waals surface area contributed by atoms with Crippen molar-refractivity contribution in [3.8, 4) is 6.07 Å². The maximum atomic E-state index is 9.19. The van der Waals surface area contributed by atoms with E-state index in [1.807, 2.05) is 12.1 Å². The van der Waals surface area contributed by atoms with Crippen molar-refractivity contribution in [2.45, 2.75) is 37.8 Å². The summed E-state index contributed by atoms with van der Waals surface area (Å²) >= 11 is 0. The van der Waals surface area contributed by atoms with Crippen LogP contribution >= 0.6 is 0 Å². The largest absolute Gasteiger partial charge is 0.399 e. The number of nitrogens with two attached hydrogens (primary N) is 1. The van der Waals surface area contributed by atoms with Gasteiger partial charge in [0.2, 0.25) is 0 Å². The van der Waals surface area contributed by atoms with Gasteiger partial charge in [-0.3, -0.25) is 4.90 Å². The van der Waals surface area contributed by atoms with Crippen LogP contribution in [0.15, 0.2) is 18.2 Å². The van der Waals surface area contributed by atoms with Crippen molar-refractivity contribution in [1.29, 1.82) is 5.26 Å². The molecule has 2 heterocycles. The van der Waals surface area contributed by atoms with Gasteiger partial charge in [-0.1, -0.05) is 6.42 Å². The highest BCUT2D eigenvalue weighted by Gasteiger charge is 2.35. The second kappa shape index (κ2) is 5.10. The van der Waals surface area contributed by atoms with E-state index in [9.17, 15) is 5.26 Å². The van der Waals surface area contributed by atoms with Gasteiger partial charge in [0.25, 0.3) is 0 Å². The fraction of sp³-hybridized carbons (Fsp3) is 0.533. The van der Waals surface area contributed by atoms with Gasteiger partial charge in [0.1, 0.15) is 6.07 Å². The summed E-state index contributed by atoms with van der Waals surface area (Å²) in [4.78, 5) is 2.59. The molecule has 1 aromatic carbocycles. The van der Waals surface area contributed by atoms with Crippen LogP contribution in [0.25, 0.3) is 0 Å². The number of nitriles is 1. The summed E-state index contributed by atoms with van der Waals surface area (Å²) in [6.45, 7) is 2.41. The second-order valence-electron chi connectivity index (χ2n) is 5.56. The predicted molar refractivity (Wildman–Crippen MR) is 76.8 cm³/mol. The summed E-state index contributed by atoms with van der Waals surface area (Å²) in [7, 11) is 0. The minimum absolute atomic E-state index is 0.469. The molecule has 2 aliphatic rings. The molecule has 3 rings (SSSR count). The van der Waals surface area contributed by atoms with E-state index in [4.69, 9.17) is 5.73 Å². The summed E-state index contributed by atoms with van der Waals surface area (Å²) in [5.41, 5.74) is 7.95. The Labute approximate surface area is 114 Å². The molecule has 4 heteroatoms. The van der Waals surface area contributed by atoms with E-state index in [1.165, 1.54) is 38.8 Å². The average molecular weight is 256 g/mol. The maximum Gasteiger partial charge on any atom is 0.101 e. The monoisotopic (exact) mass is 256 g/mol. The van der Waals surface area contributed by atoms with Crippen LogP contribution < -0.4 is 11.1 Å². The van der Waals surface area contributed by atoms with Crippen LogP contribution in [0.5, 0.6) is 0 Å². The number of benzene rings is 1. The smallest absolute Gasteiger partial charge is 0.101 e. The number of anilines is 2.